The second-order valence-electron chi connectivity index (χ2n) is 4.93. The molecule has 0 radical (unpaired) electrons. The van der Waals surface area contributed by atoms with Gasteiger partial charge in [-0.2, -0.15) is 0 Å². The van der Waals surface area contributed by atoms with Crippen molar-refractivity contribution in [1.29, 1.82) is 0 Å². The lowest BCUT2D eigenvalue weighted by molar-refractivity contribution is 0.102. The molecule has 0 aliphatic carbocycles. The van der Waals surface area contributed by atoms with Crippen LogP contribution in [0.3, 0.4) is 0 Å². The number of carbonyl (C=O) groups excluding carboxylic acids is 1. The van der Waals surface area contributed by atoms with E-state index in [0.717, 1.165) is 4.47 Å². The Morgan fingerprint density at radius 1 is 1.21 bits per heavy atom. The third-order valence-electron chi connectivity index (χ3n) is 3.35. The number of amides is 1. The zero-order valence-corrected chi connectivity index (χ0v) is 14.8. The van der Waals surface area contributed by atoms with Crippen LogP contribution in [0.1, 0.15) is 10.4 Å². The van der Waals surface area contributed by atoms with E-state index in [2.05, 4.69) is 21.2 Å². The summed E-state index contributed by atoms with van der Waals surface area (Å²) >= 11 is 9.28. The monoisotopic (exact) mass is 407 g/mol. The van der Waals surface area contributed by atoms with E-state index in [1.54, 1.807) is 30.3 Å². The number of fused-ring (bicyclic) bond motifs is 1. The summed E-state index contributed by atoms with van der Waals surface area (Å²) in [6.45, 7) is 0. The normalized spacial score (nSPS) is 10.6. The van der Waals surface area contributed by atoms with Crippen LogP contribution in [0.15, 0.2) is 56.1 Å². The van der Waals surface area contributed by atoms with Gasteiger partial charge < -0.3 is 14.5 Å². The van der Waals surface area contributed by atoms with Crippen LogP contribution in [-0.2, 0) is 0 Å². The van der Waals surface area contributed by atoms with Crippen molar-refractivity contribution in [1.82, 2.24) is 0 Å². The smallest absolute Gasteiger partial charge is 0.349 e. The molecule has 0 unspecified atom stereocenters. The Bertz CT molecular complexity index is 1000. The molecule has 0 aliphatic rings. The molecule has 0 saturated heterocycles. The Morgan fingerprint density at radius 3 is 2.75 bits per heavy atom. The summed E-state index contributed by atoms with van der Waals surface area (Å²) in [4.78, 5) is 24.5. The van der Waals surface area contributed by atoms with E-state index >= 15 is 0 Å². The second kappa shape index (κ2) is 6.67. The first-order chi connectivity index (χ1) is 11.5. The Labute approximate surface area is 150 Å². The van der Waals surface area contributed by atoms with Gasteiger partial charge in [0.2, 0.25) is 0 Å². The van der Waals surface area contributed by atoms with E-state index in [4.69, 9.17) is 20.8 Å². The molecule has 5 nitrogen and oxygen atoms in total. The second-order valence-corrected chi connectivity index (χ2v) is 6.28. The van der Waals surface area contributed by atoms with Gasteiger partial charge in [0.1, 0.15) is 16.9 Å². The van der Waals surface area contributed by atoms with Crippen molar-refractivity contribution in [3.63, 3.8) is 0 Å². The summed E-state index contributed by atoms with van der Waals surface area (Å²) in [6.07, 6.45) is 0. The third kappa shape index (κ3) is 3.29. The van der Waals surface area contributed by atoms with Crippen LogP contribution < -0.4 is 15.7 Å². The van der Waals surface area contributed by atoms with Gasteiger partial charge in [0, 0.05) is 14.9 Å². The minimum atomic E-state index is -0.719. The van der Waals surface area contributed by atoms with Gasteiger partial charge >= 0.3 is 5.63 Å². The number of hydrogen-bond donors (Lipinski definition) is 1. The largest absolute Gasteiger partial charge is 0.495 e. The Kier molecular flexibility index (Phi) is 4.59. The van der Waals surface area contributed by atoms with Gasteiger partial charge in [-0.25, -0.2) is 4.79 Å². The SMILES string of the molecule is COc1ccc(Cl)cc1NC(=O)c1cc2cc(Br)ccc2oc1=O. The number of methoxy groups -OCH3 is 1. The molecule has 1 N–H and O–H groups in total. The molecule has 0 aliphatic heterocycles. The number of anilines is 1. The minimum Gasteiger partial charge on any atom is -0.495 e. The third-order valence-corrected chi connectivity index (χ3v) is 4.08. The lowest BCUT2D eigenvalue weighted by Crippen LogP contribution is -2.21. The zero-order valence-electron chi connectivity index (χ0n) is 12.4. The molecule has 2 aromatic carbocycles. The standard InChI is InChI=1S/C17H11BrClNO4/c1-23-15-5-3-11(19)8-13(15)20-16(21)12-7-9-6-10(18)2-4-14(9)24-17(12)22/h2-8H,1H3,(H,20,21). The van der Waals surface area contributed by atoms with Crippen LogP contribution in [0.4, 0.5) is 5.69 Å². The van der Waals surface area contributed by atoms with E-state index in [0.29, 0.717) is 27.4 Å². The van der Waals surface area contributed by atoms with Crippen LogP contribution in [-0.4, -0.2) is 13.0 Å². The number of ether oxygens (including phenoxy) is 1. The van der Waals surface area contributed by atoms with E-state index < -0.39 is 11.5 Å². The molecule has 1 aromatic heterocycles. The lowest BCUT2D eigenvalue weighted by Gasteiger charge is -2.10. The van der Waals surface area contributed by atoms with Crippen LogP contribution in [0.5, 0.6) is 5.75 Å². The first-order valence-electron chi connectivity index (χ1n) is 6.86. The lowest BCUT2D eigenvalue weighted by atomic mass is 10.1. The maximum absolute atomic E-state index is 12.5. The van der Waals surface area contributed by atoms with Crippen molar-refractivity contribution >= 4 is 50.1 Å². The first kappa shape index (κ1) is 16.5. The predicted molar refractivity (Wildman–Crippen MR) is 96.1 cm³/mol. The highest BCUT2D eigenvalue weighted by Gasteiger charge is 2.16. The number of nitrogens with one attached hydrogen (secondary N) is 1. The molecule has 1 heterocycles. The molecule has 0 saturated carbocycles. The summed E-state index contributed by atoms with van der Waals surface area (Å²) in [7, 11) is 1.47. The molecule has 3 rings (SSSR count). The summed E-state index contributed by atoms with van der Waals surface area (Å²) in [6, 6.07) is 11.4. The molecule has 0 bridgehead atoms. The molecule has 1 amide bonds. The van der Waals surface area contributed by atoms with Gasteiger partial charge in [-0.05, 0) is 42.5 Å². The zero-order chi connectivity index (χ0) is 17.3. The van der Waals surface area contributed by atoms with Gasteiger partial charge in [0.15, 0.2) is 0 Å². The molecule has 122 valence electrons. The fourth-order valence-electron chi connectivity index (χ4n) is 2.22. The molecule has 3 aromatic rings. The average molecular weight is 409 g/mol. The van der Waals surface area contributed by atoms with Gasteiger partial charge in [0.05, 0.1) is 12.8 Å². The molecular formula is C17H11BrClNO4. The first-order valence-corrected chi connectivity index (χ1v) is 8.03. The Balaban J connectivity index is 2.01. The molecule has 24 heavy (non-hydrogen) atoms. The van der Waals surface area contributed by atoms with Gasteiger partial charge in [-0.1, -0.05) is 27.5 Å². The van der Waals surface area contributed by atoms with E-state index in [1.165, 1.54) is 19.2 Å². The quantitative estimate of drug-likeness (QED) is 0.649. The fraction of sp³-hybridized carbons (Fsp3) is 0.0588. The van der Waals surface area contributed by atoms with Gasteiger partial charge in [-0.3, -0.25) is 4.79 Å². The van der Waals surface area contributed by atoms with Crippen LogP contribution in [0, 0.1) is 0 Å². The van der Waals surface area contributed by atoms with Gasteiger partial charge in [0.25, 0.3) is 5.91 Å². The molecule has 7 heteroatoms. The van der Waals surface area contributed by atoms with Crippen LogP contribution in [0.2, 0.25) is 5.02 Å². The number of rotatable bonds is 3. The molecular weight excluding hydrogens is 398 g/mol. The predicted octanol–water partition coefficient (Wildman–Crippen LogP) is 4.47. The highest BCUT2D eigenvalue weighted by molar-refractivity contribution is 9.10. The van der Waals surface area contributed by atoms with Crippen molar-refractivity contribution in [2.75, 3.05) is 12.4 Å². The van der Waals surface area contributed by atoms with E-state index in [9.17, 15) is 9.59 Å². The van der Waals surface area contributed by atoms with Crippen LogP contribution in [0.25, 0.3) is 11.0 Å². The summed E-state index contributed by atoms with van der Waals surface area (Å²) in [5.41, 5.74) is -0.0604. The number of halogens is 2. The molecule has 0 spiro atoms. The summed E-state index contributed by atoms with van der Waals surface area (Å²) in [5, 5.41) is 3.68. The van der Waals surface area contributed by atoms with Crippen molar-refractivity contribution in [3.05, 3.63) is 67.9 Å². The number of hydrogen-bond acceptors (Lipinski definition) is 4. The van der Waals surface area contributed by atoms with Crippen molar-refractivity contribution in [3.8, 4) is 5.75 Å². The van der Waals surface area contributed by atoms with Crippen molar-refractivity contribution < 1.29 is 13.9 Å². The highest BCUT2D eigenvalue weighted by atomic mass is 79.9. The highest BCUT2D eigenvalue weighted by Crippen LogP contribution is 2.28. The maximum atomic E-state index is 12.5. The maximum Gasteiger partial charge on any atom is 0.349 e. The van der Waals surface area contributed by atoms with Crippen molar-refractivity contribution in [2.24, 2.45) is 0 Å². The van der Waals surface area contributed by atoms with E-state index in [-0.39, 0.29) is 5.56 Å². The average Bonchev–Trinajstić information content (AvgIpc) is 2.54. The van der Waals surface area contributed by atoms with Gasteiger partial charge in [-0.15, -0.1) is 0 Å². The number of benzene rings is 2. The Morgan fingerprint density at radius 2 is 2.00 bits per heavy atom. The van der Waals surface area contributed by atoms with Crippen LogP contribution >= 0.6 is 27.5 Å². The molecule has 0 atom stereocenters. The van der Waals surface area contributed by atoms with E-state index in [1.807, 2.05) is 0 Å². The Hall–Kier alpha value is -2.31. The summed E-state index contributed by atoms with van der Waals surface area (Å²) < 4.78 is 11.2. The topological polar surface area (TPSA) is 68.5 Å². The molecule has 0 fully saturated rings. The summed E-state index contributed by atoms with van der Waals surface area (Å²) in [5.74, 6) is -0.174. The minimum absolute atomic E-state index is 0.109. The fourth-order valence-corrected chi connectivity index (χ4v) is 2.77. The number of carbonyl (C=O) groups is 1. The van der Waals surface area contributed by atoms with Crippen molar-refractivity contribution in [2.45, 2.75) is 0 Å².